The maximum atomic E-state index is 13.1. The highest BCUT2D eigenvalue weighted by atomic mass is 32.2. The smallest absolute Gasteiger partial charge is 0.261 e. The van der Waals surface area contributed by atoms with Gasteiger partial charge in [-0.15, -0.1) is 0 Å². The van der Waals surface area contributed by atoms with Gasteiger partial charge in [0.25, 0.3) is 21.8 Å². The molecule has 0 atom stereocenters. The van der Waals surface area contributed by atoms with Crippen LogP contribution in [0, 0.1) is 6.92 Å². The van der Waals surface area contributed by atoms with Gasteiger partial charge < -0.3 is 10.6 Å². The molecule has 7 nitrogen and oxygen atoms in total. The molecule has 3 rings (SSSR count). The molecule has 3 aromatic carbocycles. The summed E-state index contributed by atoms with van der Waals surface area (Å²) in [5.74, 6) is -0.875. The molecule has 2 amide bonds. The van der Waals surface area contributed by atoms with Crippen LogP contribution in [0.1, 0.15) is 47.1 Å². The van der Waals surface area contributed by atoms with Crippen LogP contribution in [0.15, 0.2) is 77.7 Å². The number of hydrogen-bond acceptors (Lipinski definition) is 4. The molecule has 0 spiro atoms. The van der Waals surface area contributed by atoms with E-state index in [2.05, 4.69) is 15.4 Å². The monoisotopic (exact) mass is 465 g/mol. The molecule has 33 heavy (non-hydrogen) atoms. The lowest BCUT2D eigenvalue weighted by atomic mass is 10.1. The first-order valence-corrected chi connectivity index (χ1v) is 11.9. The highest BCUT2D eigenvalue weighted by Gasteiger charge is 2.21. The Hall–Kier alpha value is -3.65. The van der Waals surface area contributed by atoms with Crippen LogP contribution in [0.5, 0.6) is 0 Å². The van der Waals surface area contributed by atoms with Crippen molar-refractivity contribution >= 4 is 33.2 Å². The van der Waals surface area contributed by atoms with Gasteiger partial charge in [-0.2, -0.15) is 0 Å². The summed E-state index contributed by atoms with van der Waals surface area (Å²) in [6, 6.07) is 19.3. The van der Waals surface area contributed by atoms with Gasteiger partial charge in [-0.1, -0.05) is 42.0 Å². The first kappa shape index (κ1) is 24.0. The molecule has 0 saturated carbocycles. The molecule has 0 aromatic heterocycles. The van der Waals surface area contributed by atoms with Crippen molar-refractivity contribution in [1.29, 1.82) is 0 Å². The minimum Gasteiger partial charge on any atom is -0.347 e. The summed E-state index contributed by atoms with van der Waals surface area (Å²) in [5, 5.41) is 5.60. The van der Waals surface area contributed by atoms with Crippen molar-refractivity contribution in [2.75, 3.05) is 10.0 Å². The fourth-order valence-electron chi connectivity index (χ4n) is 3.08. The summed E-state index contributed by atoms with van der Waals surface area (Å²) in [6.45, 7) is 7.45. The van der Waals surface area contributed by atoms with Crippen LogP contribution in [0.2, 0.25) is 0 Å². The quantitative estimate of drug-likeness (QED) is 0.496. The first-order valence-electron chi connectivity index (χ1n) is 10.4. The number of carbonyl (C=O) groups excluding carboxylic acids is 2. The molecule has 0 aliphatic heterocycles. The predicted molar refractivity (Wildman–Crippen MR) is 130 cm³/mol. The molecule has 172 valence electrons. The molecule has 8 heteroatoms. The van der Waals surface area contributed by atoms with Crippen molar-refractivity contribution in [3.63, 3.8) is 0 Å². The Morgan fingerprint density at radius 2 is 1.24 bits per heavy atom. The maximum absolute atomic E-state index is 13.1. The molecule has 0 unspecified atom stereocenters. The van der Waals surface area contributed by atoms with E-state index in [0.29, 0.717) is 11.3 Å². The second-order valence-corrected chi connectivity index (χ2v) is 10.4. The van der Waals surface area contributed by atoms with E-state index >= 15 is 0 Å². The molecule has 0 aliphatic rings. The largest absolute Gasteiger partial charge is 0.347 e. The Morgan fingerprint density at radius 3 is 1.82 bits per heavy atom. The lowest BCUT2D eigenvalue weighted by molar-refractivity contribution is 0.0920. The molecule has 0 saturated heterocycles. The van der Waals surface area contributed by atoms with Gasteiger partial charge in [0.2, 0.25) is 0 Å². The number of nitrogens with one attached hydrogen (secondary N) is 3. The van der Waals surface area contributed by atoms with Crippen LogP contribution in [0.3, 0.4) is 0 Å². The van der Waals surface area contributed by atoms with Gasteiger partial charge in [-0.3, -0.25) is 14.3 Å². The van der Waals surface area contributed by atoms with Gasteiger partial charge in [0, 0.05) is 5.54 Å². The molecule has 0 fully saturated rings. The zero-order valence-corrected chi connectivity index (χ0v) is 19.8. The molecule has 0 bridgehead atoms. The second-order valence-electron chi connectivity index (χ2n) is 8.67. The summed E-state index contributed by atoms with van der Waals surface area (Å²) >= 11 is 0. The summed E-state index contributed by atoms with van der Waals surface area (Å²) in [7, 11) is -3.90. The van der Waals surface area contributed by atoms with E-state index in [1.54, 1.807) is 48.5 Å². The van der Waals surface area contributed by atoms with Gasteiger partial charge in [0.1, 0.15) is 0 Å². The van der Waals surface area contributed by atoms with Crippen molar-refractivity contribution in [2.24, 2.45) is 0 Å². The van der Waals surface area contributed by atoms with Crippen molar-refractivity contribution in [1.82, 2.24) is 5.32 Å². The maximum Gasteiger partial charge on any atom is 0.261 e. The average molecular weight is 466 g/mol. The molecular formula is C25H27N3O4S. The van der Waals surface area contributed by atoms with Crippen molar-refractivity contribution < 1.29 is 18.0 Å². The highest BCUT2D eigenvalue weighted by Crippen LogP contribution is 2.23. The Balaban J connectivity index is 1.87. The topological polar surface area (TPSA) is 104 Å². The number of amides is 2. The average Bonchev–Trinajstić information content (AvgIpc) is 2.73. The number of benzene rings is 3. The zero-order chi connectivity index (χ0) is 24.2. The highest BCUT2D eigenvalue weighted by molar-refractivity contribution is 7.92. The Bertz CT molecular complexity index is 1280. The van der Waals surface area contributed by atoms with E-state index in [1.165, 1.54) is 24.3 Å². The third-order valence-corrected chi connectivity index (χ3v) is 6.04. The van der Waals surface area contributed by atoms with Gasteiger partial charge in [-0.05, 0) is 64.1 Å². The van der Waals surface area contributed by atoms with Crippen molar-refractivity contribution in [2.45, 2.75) is 38.1 Å². The van der Waals surface area contributed by atoms with E-state index < -0.39 is 21.5 Å². The number of rotatable bonds is 6. The minimum absolute atomic E-state index is 0.0903. The van der Waals surface area contributed by atoms with Crippen LogP contribution in [0.25, 0.3) is 0 Å². The van der Waals surface area contributed by atoms with Gasteiger partial charge in [0.05, 0.1) is 27.4 Å². The van der Waals surface area contributed by atoms with Crippen LogP contribution < -0.4 is 15.4 Å². The molecule has 0 radical (unpaired) electrons. The lowest BCUT2D eigenvalue weighted by Crippen LogP contribution is -2.40. The number of carbonyl (C=O) groups is 2. The van der Waals surface area contributed by atoms with E-state index in [0.717, 1.165) is 5.56 Å². The summed E-state index contributed by atoms with van der Waals surface area (Å²) in [5.41, 5.74) is 1.36. The second kappa shape index (κ2) is 9.46. The number of hydrogen-bond donors (Lipinski definition) is 3. The number of sulfonamides is 1. The molecule has 0 aliphatic carbocycles. The Labute approximate surface area is 194 Å². The van der Waals surface area contributed by atoms with Crippen LogP contribution in [-0.4, -0.2) is 25.8 Å². The van der Waals surface area contributed by atoms with E-state index in [1.807, 2.05) is 27.7 Å². The molecule has 0 heterocycles. The zero-order valence-electron chi connectivity index (χ0n) is 19.0. The van der Waals surface area contributed by atoms with Crippen molar-refractivity contribution in [3.05, 3.63) is 89.5 Å². The summed E-state index contributed by atoms with van der Waals surface area (Å²) in [6.07, 6.45) is 0. The normalized spacial score (nSPS) is 11.5. The number of aryl methyl sites for hydroxylation is 1. The Kier molecular flexibility index (Phi) is 6.88. The summed E-state index contributed by atoms with van der Waals surface area (Å²) < 4.78 is 28.1. The number of anilines is 2. The lowest BCUT2D eigenvalue weighted by Gasteiger charge is -2.21. The van der Waals surface area contributed by atoms with E-state index in [4.69, 9.17) is 0 Å². The Morgan fingerprint density at radius 1 is 0.727 bits per heavy atom. The third kappa shape index (κ3) is 6.20. The van der Waals surface area contributed by atoms with E-state index in [-0.39, 0.29) is 22.1 Å². The first-order chi connectivity index (χ1) is 15.5. The van der Waals surface area contributed by atoms with Crippen LogP contribution in [0.4, 0.5) is 11.4 Å². The fourth-order valence-corrected chi connectivity index (χ4v) is 4.16. The molecule has 3 aromatic rings. The van der Waals surface area contributed by atoms with Crippen LogP contribution in [-0.2, 0) is 10.0 Å². The van der Waals surface area contributed by atoms with Gasteiger partial charge in [0.15, 0.2) is 0 Å². The molecule has 3 N–H and O–H groups in total. The third-order valence-electron chi connectivity index (χ3n) is 4.66. The van der Waals surface area contributed by atoms with Crippen LogP contribution >= 0.6 is 0 Å². The van der Waals surface area contributed by atoms with E-state index in [9.17, 15) is 18.0 Å². The predicted octanol–water partition coefficient (Wildman–Crippen LogP) is 4.58. The number of para-hydroxylation sites is 2. The van der Waals surface area contributed by atoms with Gasteiger partial charge in [-0.25, -0.2) is 8.42 Å². The standard InChI is InChI=1S/C25H27N3O4S/c1-17-13-15-18(16-14-17)33(31,32)28-22-12-8-6-10-20(22)23(29)26-21-11-7-5-9-19(21)24(30)27-25(2,3)4/h5-16,28H,1-4H3,(H,26,29)(H,27,30). The summed E-state index contributed by atoms with van der Waals surface area (Å²) in [4.78, 5) is 25.9. The van der Waals surface area contributed by atoms with Gasteiger partial charge >= 0.3 is 0 Å². The fraction of sp³-hybridized carbons (Fsp3) is 0.200. The SMILES string of the molecule is Cc1ccc(S(=O)(=O)Nc2ccccc2C(=O)Nc2ccccc2C(=O)NC(C)(C)C)cc1. The minimum atomic E-state index is -3.90. The van der Waals surface area contributed by atoms with Crippen molar-refractivity contribution in [3.8, 4) is 0 Å². The molecular weight excluding hydrogens is 438 g/mol.